The van der Waals surface area contributed by atoms with Gasteiger partial charge < -0.3 is 9.47 Å². The van der Waals surface area contributed by atoms with E-state index in [4.69, 9.17) is 9.47 Å². The van der Waals surface area contributed by atoms with Crippen LogP contribution in [0.3, 0.4) is 0 Å². The first-order valence-electron chi connectivity index (χ1n) is 9.39. The van der Waals surface area contributed by atoms with E-state index in [-0.39, 0.29) is 11.5 Å². The van der Waals surface area contributed by atoms with Crippen molar-refractivity contribution in [2.75, 3.05) is 7.11 Å². The largest absolute Gasteiger partial charge is 0.497 e. The molecule has 1 aliphatic carbocycles. The van der Waals surface area contributed by atoms with Crippen LogP contribution in [-0.2, 0) is 0 Å². The highest BCUT2D eigenvalue weighted by Crippen LogP contribution is 2.67. The average Bonchev–Trinajstić information content (AvgIpc) is 2.97. The summed E-state index contributed by atoms with van der Waals surface area (Å²) in [5, 5.41) is 0. The SMILES string of the molecule is C=C(c1ccccc1)[C@]12C[C@H](c3ccc(OC)cc3)[C@H]1c1ccccc1O2. The molecule has 0 saturated heterocycles. The Bertz CT molecular complexity index is 990. The number of hydrogen-bond acceptors (Lipinski definition) is 2. The fraction of sp³-hybridized carbons (Fsp3) is 0.200. The van der Waals surface area contributed by atoms with Gasteiger partial charge in [-0.1, -0.05) is 67.2 Å². The Morgan fingerprint density at radius 3 is 2.41 bits per heavy atom. The topological polar surface area (TPSA) is 18.5 Å². The molecule has 0 unspecified atom stereocenters. The zero-order chi connectivity index (χ0) is 18.4. The van der Waals surface area contributed by atoms with Gasteiger partial charge in [0.15, 0.2) is 0 Å². The molecule has 3 aromatic carbocycles. The zero-order valence-corrected chi connectivity index (χ0v) is 15.4. The van der Waals surface area contributed by atoms with E-state index >= 15 is 0 Å². The Kier molecular flexibility index (Phi) is 3.61. The van der Waals surface area contributed by atoms with E-state index in [0.717, 1.165) is 29.1 Å². The molecule has 134 valence electrons. The number of benzene rings is 3. The van der Waals surface area contributed by atoms with Gasteiger partial charge in [0, 0.05) is 11.5 Å². The highest BCUT2D eigenvalue weighted by atomic mass is 16.5. The second kappa shape index (κ2) is 6.02. The predicted molar refractivity (Wildman–Crippen MR) is 108 cm³/mol. The van der Waals surface area contributed by atoms with E-state index in [9.17, 15) is 0 Å². The molecule has 2 nitrogen and oxygen atoms in total. The molecule has 27 heavy (non-hydrogen) atoms. The third kappa shape index (κ3) is 2.33. The maximum atomic E-state index is 6.58. The van der Waals surface area contributed by atoms with Crippen LogP contribution < -0.4 is 9.47 Å². The lowest BCUT2D eigenvalue weighted by Crippen LogP contribution is -2.52. The summed E-state index contributed by atoms with van der Waals surface area (Å²) in [6, 6.07) is 27.3. The first-order chi connectivity index (χ1) is 13.2. The highest BCUT2D eigenvalue weighted by Gasteiger charge is 2.62. The minimum atomic E-state index is -0.352. The average molecular weight is 354 g/mol. The van der Waals surface area contributed by atoms with E-state index in [2.05, 4.69) is 61.2 Å². The molecule has 0 aromatic heterocycles. The summed E-state index contributed by atoms with van der Waals surface area (Å²) in [5.41, 5.74) is 4.51. The highest BCUT2D eigenvalue weighted by molar-refractivity contribution is 5.77. The predicted octanol–water partition coefficient (Wildman–Crippen LogP) is 5.81. The van der Waals surface area contributed by atoms with E-state index in [1.165, 1.54) is 11.1 Å². The van der Waals surface area contributed by atoms with Crippen LogP contribution in [-0.4, -0.2) is 12.7 Å². The molecule has 2 aliphatic rings. The van der Waals surface area contributed by atoms with Crippen molar-refractivity contribution in [2.45, 2.75) is 23.9 Å². The van der Waals surface area contributed by atoms with Crippen molar-refractivity contribution in [1.29, 1.82) is 0 Å². The fourth-order valence-electron chi connectivity index (χ4n) is 4.75. The van der Waals surface area contributed by atoms with Gasteiger partial charge in [-0.15, -0.1) is 0 Å². The van der Waals surface area contributed by atoms with Crippen molar-refractivity contribution in [1.82, 2.24) is 0 Å². The Hall–Kier alpha value is -3.00. The summed E-state index contributed by atoms with van der Waals surface area (Å²) >= 11 is 0. The van der Waals surface area contributed by atoms with E-state index in [1.54, 1.807) is 7.11 Å². The van der Waals surface area contributed by atoms with Crippen LogP contribution in [0.2, 0.25) is 0 Å². The molecule has 0 bridgehead atoms. The van der Waals surface area contributed by atoms with Crippen LogP contribution in [0.1, 0.15) is 34.9 Å². The van der Waals surface area contributed by atoms with Crippen molar-refractivity contribution < 1.29 is 9.47 Å². The van der Waals surface area contributed by atoms with Gasteiger partial charge in [-0.2, -0.15) is 0 Å². The summed E-state index contributed by atoms with van der Waals surface area (Å²) in [6.07, 6.45) is 0.937. The second-order valence-corrected chi connectivity index (χ2v) is 7.44. The smallest absolute Gasteiger partial charge is 0.142 e. The second-order valence-electron chi connectivity index (χ2n) is 7.44. The van der Waals surface area contributed by atoms with Crippen molar-refractivity contribution in [3.8, 4) is 11.5 Å². The minimum Gasteiger partial charge on any atom is -0.497 e. The van der Waals surface area contributed by atoms with Crippen molar-refractivity contribution in [2.24, 2.45) is 0 Å². The molecule has 1 fully saturated rings. The molecule has 3 aromatic rings. The number of rotatable bonds is 4. The number of methoxy groups -OCH3 is 1. The third-order valence-electron chi connectivity index (χ3n) is 6.15. The maximum absolute atomic E-state index is 6.58. The molecule has 0 spiro atoms. The molecule has 0 amide bonds. The van der Waals surface area contributed by atoms with Crippen LogP contribution in [0.25, 0.3) is 5.57 Å². The zero-order valence-electron chi connectivity index (χ0n) is 15.4. The lowest BCUT2D eigenvalue weighted by Gasteiger charge is -2.51. The van der Waals surface area contributed by atoms with Gasteiger partial charge in [-0.3, -0.25) is 0 Å². The Morgan fingerprint density at radius 2 is 1.67 bits per heavy atom. The molecular weight excluding hydrogens is 332 g/mol. The Balaban J connectivity index is 1.56. The van der Waals surface area contributed by atoms with Gasteiger partial charge in [0.25, 0.3) is 0 Å². The van der Waals surface area contributed by atoms with Gasteiger partial charge >= 0.3 is 0 Å². The molecule has 5 rings (SSSR count). The molecule has 3 atom stereocenters. The van der Waals surface area contributed by atoms with Crippen LogP contribution in [0.4, 0.5) is 0 Å². The Labute approximate surface area is 160 Å². The molecule has 0 radical (unpaired) electrons. The number of para-hydroxylation sites is 1. The van der Waals surface area contributed by atoms with E-state index < -0.39 is 0 Å². The lowest BCUT2D eigenvalue weighted by atomic mass is 9.54. The van der Waals surface area contributed by atoms with Crippen LogP contribution >= 0.6 is 0 Å². The maximum Gasteiger partial charge on any atom is 0.142 e. The number of ether oxygens (including phenoxy) is 2. The van der Waals surface area contributed by atoms with Crippen molar-refractivity contribution in [3.05, 3.63) is 102 Å². The minimum absolute atomic E-state index is 0.287. The Morgan fingerprint density at radius 1 is 0.963 bits per heavy atom. The molecule has 0 N–H and O–H groups in total. The molecule has 1 heterocycles. The van der Waals surface area contributed by atoms with Gasteiger partial charge in [-0.25, -0.2) is 0 Å². The van der Waals surface area contributed by atoms with E-state index in [0.29, 0.717) is 5.92 Å². The summed E-state index contributed by atoms with van der Waals surface area (Å²) in [4.78, 5) is 0. The van der Waals surface area contributed by atoms with Crippen molar-refractivity contribution >= 4 is 5.57 Å². The molecule has 1 aliphatic heterocycles. The van der Waals surface area contributed by atoms with Crippen molar-refractivity contribution in [3.63, 3.8) is 0 Å². The molecular formula is C25H22O2. The molecule has 2 heteroatoms. The van der Waals surface area contributed by atoms with Gasteiger partial charge in [0.1, 0.15) is 17.1 Å². The fourth-order valence-corrected chi connectivity index (χ4v) is 4.75. The van der Waals surface area contributed by atoms with Gasteiger partial charge in [0.05, 0.1) is 7.11 Å². The normalized spacial score (nSPS) is 24.9. The monoisotopic (exact) mass is 354 g/mol. The van der Waals surface area contributed by atoms with Gasteiger partial charge in [0.2, 0.25) is 0 Å². The summed E-state index contributed by atoms with van der Waals surface area (Å²) in [5.74, 6) is 2.59. The number of hydrogen-bond donors (Lipinski definition) is 0. The van der Waals surface area contributed by atoms with Crippen LogP contribution in [0.5, 0.6) is 11.5 Å². The summed E-state index contributed by atoms with van der Waals surface area (Å²) in [7, 11) is 1.70. The first kappa shape index (κ1) is 16.2. The molecule has 1 saturated carbocycles. The van der Waals surface area contributed by atoms with Crippen LogP contribution in [0, 0.1) is 0 Å². The lowest BCUT2D eigenvalue weighted by molar-refractivity contribution is 0.0330. The van der Waals surface area contributed by atoms with Gasteiger partial charge in [-0.05, 0) is 47.2 Å². The first-order valence-corrected chi connectivity index (χ1v) is 9.39. The van der Waals surface area contributed by atoms with Crippen LogP contribution in [0.15, 0.2) is 85.4 Å². The quantitative estimate of drug-likeness (QED) is 0.588. The summed E-state index contributed by atoms with van der Waals surface area (Å²) in [6.45, 7) is 4.47. The number of fused-ring (bicyclic) bond motifs is 3. The van der Waals surface area contributed by atoms with E-state index in [1.807, 2.05) is 24.3 Å². The standard InChI is InChI=1S/C25H22O2/c1-17(18-8-4-3-5-9-18)25-16-22(19-12-14-20(26-2)15-13-19)24(25)21-10-6-7-11-23(21)27-25/h3-15,22,24H,1,16H2,2H3/t22-,24-,25-/m1/s1. The summed E-state index contributed by atoms with van der Waals surface area (Å²) < 4.78 is 11.9. The third-order valence-corrected chi connectivity index (χ3v) is 6.15.